The van der Waals surface area contributed by atoms with E-state index < -0.39 is 0 Å². The van der Waals surface area contributed by atoms with Crippen LogP contribution >= 0.6 is 12.2 Å². The second-order valence-corrected chi connectivity index (χ2v) is 8.68. The van der Waals surface area contributed by atoms with E-state index in [9.17, 15) is 0 Å². The number of methoxy groups -OCH3 is 2. The zero-order chi connectivity index (χ0) is 23.4. The molecule has 3 aromatic rings. The van der Waals surface area contributed by atoms with Crippen LogP contribution in [0.5, 0.6) is 17.2 Å². The van der Waals surface area contributed by atoms with E-state index >= 15 is 0 Å². The zero-order valence-electron chi connectivity index (χ0n) is 19.6. The molecule has 0 saturated carbocycles. The van der Waals surface area contributed by atoms with E-state index in [0.29, 0.717) is 17.5 Å². The molecule has 0 saturated heterocycles. The maximum Gasteiger partial charge on any atom is 0.174 e. The number of aryl methyl sites for hydroxylation is 2. The van der Waals surface area contributed by atoms with E-state index in [1.165, 1.54) is 16.7 Å². The molecule has 0 spiro atoms. The normalized spacial score (nSPS) is 14.9. The molecule has 6 heteroatoms. The average Bonchev–Trinajstić information content (AvgIpc) is 2.81. The van der Waals surface area contributed by atoms with Crippen molar-refractivity contribution in [2.75, 3.05) is 32.7 Å². The van der Waals surface area contributed by atoms with Gasteiger partial charge < -0.3 is 24.4 Å². The summed E-state index contributed by atoms with van der Waals surface area (Å²) < 4.78 is 17.5. The molecule has 1 N–H and O–H groups in total. The first-order valence-corrected chi connectivity index (χ1v) is 11.5. The third kappa shape index (κ3) is 5.22. The fourth-order valence-electron chi connectivity index (χ4n) is 4.36. The van der Waals surface area contributed by atoms with E-state index in [-0.39, 0.29) is 6.04 Å². The number of para-hydroxylation sites is 1. The van der Waals surface area contributed by atoms with E-state index in [0.717, 1.165) is 35.7 Å². The summed E-state index contributed by atoms with van der Waals surface area (Å²) in [6, 6.07) is 20.3. The van der Waals surface area contributed by atoms with Gasteiger partial charge in [-0.3, -0.25) is 0 Å². The highest BCUT2D eigenvalue weighted by Gasteiger charge is 2.31. The van der Waals surface area contributed by atoms with Crippen LogP contribution in [0.15, 0.2) is 60.7 Å². The van der Waals surface area contributed by atoms with Gasteiger partial charge in [0.25, 0.3) is 0 Å². The Morgan fingerprint density at radius 2 is 1.64 bits per heavy atom. The molecular weight excluding hydrogens is 432 g/mol. The third-order valence-electron chi connectivity index (χ3n) is 5.89. The molecule has 1 atom stereocenters. The third-order valence-corrected chi connectivity index (χ3v) is 6.23. The van der Waals surface area contributed by atoms with Crippen LogP contribution in [0.25, 0.3) is 0 Å². The van der Waals surface area contributed by atoms with Crippen molar-refractivity contribution < 1.29 is 14.2 Å². The number of fused-ring (bicyclic) bond motifs is 1. The highest BCUT2D eigenvalue weighted by molar-refractivity contribution is 7.80. The van der Waals surface area contributed by atoms with Crippen molar-refractivity contribution in [3.63, 3.8) is 0 Å². The Labute approximate surface area is 201 Å². The van der Waals surface area contributed by atoms with E-state index in [2.05, 4.69) is 54.4 Å². The Balaban J connectivity index is 1.66. The predicted octanol–water partition coefficient (Wildman–Crippen LogP) is 5.70. The van der Waals surface area contributed by atoms with Gasteiger partial charge in [0.2, 0.25) is 0 Å². The molecule has 1 heterocycles. The monoisotopic (exact) mass is 462 g/mol. The SMILES string of the molecule is COc1cc2c(cc1OC)C(COc1cc(C)cc(C)c1)N(C(=S)Nc1ccccc1)CC2. The lowest BCUT2D eigenvalue weighted by Crippen LogP contribution is -2.44. The van der Waals surface area contributed by atoms with Gasteiger partial charge in [-0.25, -0.2) is 0 Å². The summed E-state index contributed by atoms with van der Waals surface area (Å²) in [5.74, 6) is 2.31. The summed E-state index contributed by atoms with van der Waals surface area (Å²) in [6.07, 6.45) is 0.854. The fourth-order valence-corrected chi connectivity index (χ4v) is 4.70. The lowest BCUT2D eigenvalue weighted by molar-refractivity contribution is 0.190. The van der Waals surface area contributed by atoms with Crippen molar-refractivity contribution in [2.24, 2.45) is 0 Å². The van der Waals surface area contributed by atoms with Gasteiger partial charge in [-0.1, -0.05) is 24.3 Å². The zero-order valence-corrected chi connectivity index (χ0v) is 20.4. The number of nitrogens with one attached hydrogen (secondary N) is 1. The molecule has 1 aliphatic rings. The number of anilines is 1. The topological polar surface area (TPSA) is 43.0 Å². The summed E-state index contributed by atoms with van der Waals surface area (Å²) in [5, 5.41) is 4.06. The molecule has 0 aromatic heterocycles. The second-order valence-electron chi connectivity index (χ2n) is 8.30. The van der Waals surface area contributed by atoms with Crippen molar-refractivity contribution in [1.82, 2.24) is 4.90 Å². The van der Waals surface area contributed by atoms with Crippen molar-refractivity contribution in [3.8, 4) is 17.2 Å². The molecule has 33 heavy (non-hydrogen) atoms. The van der Waals surface area contributed by atoms with Gasteiger partial charge in [-0.05, 0) is 91.1 Å². The first-order chi connectivity index (χ1) is 16.0. The standard InChI is InChI=1S/C27H30N2O3S/c1-18-12-19(2)14-22(13-18)32-17-24-23-16-26(31-4)25(30-3)15-20(23)10-11-29(24)27(33)28-21-8-6-5-7-9-21/h5-9,12-16,24H,10-11,17H2,1-4H3,(H,28,33). The van der Waals surface area contributed by atoms with E-state index in [4.69, 9.17) is 26.4 Å². The number of rotatable bonds is 6. The van der Waals surface area contributed by atoms with Crippen LogP contribution in [0.2, 0.25) is 0 Å². The van der Waals surface area contributed by atoms with Gasteiger partial charge in [0.05, 0.1) is 20.3 Å². The Morgan fingerprint density at radius 1 is 0.970 bits per heavy atom. The number of nitrogens with zero attached hydrogens (tertiary/aromatic N) is 1. The highest BCUT2D eigenvalue weighted by atomic mass is 32.1. The second kappa shape index (κ2) is 10.1. The summed E-state index contributed by atoms with van der Waals surface area (Å²) in [4.78, 5) is 2.21. The van der Waals surface area contributed by atoms with Crippen LogP contribution in [-0.2, 0) is 6.42 Å². The maximum absolute atomic E-state index is 6.32. The van der Waals surface area contributed by atoms with Crippen LogP contribution < -0.4 is 19.5 Å². The minimum Gasteiger partial charge on any atom is -0.493 e. The number of thiocarbonyl (C=S) groups is 1. The predicted molar refractivity (Wildman–Crippen MR) is 137 cm³/mol. The van der Waals surface area contributed by atoms with Crippen molar-refractivity contribution in [3.05, 3.63) is 82.9 Å². The molecule has 172 valence electrons. The Morgan fingerprint density at radius 3 is 2.30 bits per heavy atom. The molecule has 3 aromatic carbocycles. The molecule has 4 rings (SSSR count). The molecular formula is C27H30N2O3S. The van der Waals surface area contributed by atoms with Gasteiger partial charge in [0, 0.05) is 12.2 Å². The Kier molecular flexibility index (Phi) is 7.04. The minimum absolute atomic E-state index is 0.0712. The smallest absolute Gasteiger partial charge is 0.174 e. The molecule has 0 amide bonds. The molecule has 0 aliphatic carbocycles. The van der Waals surface area contributed by atoms with E-state index in [1.54, 1.807) is 14.2 Å². The van der Waals surface area contributed by atoms with Gasteiger partial charge in [-0.2, -0.15) is 0 Å². The lowest BCUT2D eigenvalue weighted by atomic mass is 9.92. The first-order valence-electron chi connectivity index (χ1n) is 11.1. The fraction of sp³-hybridized carbons (Fsp3) is 0.296. The van der Waals surface area contributed by atoms with Crippen LogP contribution in [0.4, 0.5) is 5.69 Å². The van der Waals surface area contributed by atoms with Crippen molar-refractivity contribution in [2.45, 2.75) is 26.3 Å². The molecule has 0 radical (unpaired) electrons. The number of hydrogen-bond acceptors (Lipinski definition) is 4. The first kappa shape index (κ1) is 22.9. The molecule has 1 unspecified atom stereocenters. The van der Waals surface area contributed by atoms with Crippen LogP contribution in [-0.4, -0.2) is 37.4 Å². The Hall–Kier alpha value is -3.25. The van der Waals surface area contributed by atoms with Crippen LogP contribution in [0.3, 0.4) is 0 Å². The molecule has 5 nitrogen and oxygen atoms in total. The van der Waals surface area contributed by atoms with Gasteiger partial charge in [0.1, 0.15) is 12.4 Å². The molecule has 0 bridgehead atoms. The summed E-state index contributed by atoms with van der Waals surface area (Å²) in [5.41, 5.74) is 5.69. The van der Waals surface area contributed by atoms with Gasteiger partial charge in [-0.15, -0.1) is 0 Å². The van der Waals surface area contributed by atoms with Gasteiger partial charge >= 0.3 is 0 Å². The maximum atomic E-state index is 6.32. The van der Waals surface area contributed by atoms with Crippen molar-refractivity contribution in [1.29, 1.82) is 0 Å². The quantitative estimate of drug-likeness (QED) is 0.474. The number of hydrogen-bond donors (Lipinski definition) is 1. The Bertz CT molecular complexity index is 1110. The summed E-state index contributed by atoms with van der Waals surface area (Å²) >= 11 is 5.85. The lowest BCUT2D eigenvalue weighted by Gasteiger charge is -2.39. The molecule has 1 aliphatic heterocycles. The minimum atomic E-state index is -0.0712. The van der Waals surface area contributed by atoms with Crippen LogP contribution in [0, 0.1) is 13.8 Å². The highest BCUT2D eigenvalue weighted by Crippen LogP contribution is 2.38. The molecule has 0 fully saturated rings. The average molecular weight is 463 g/mol. The largest absolute Gasteiger partial charge is 0.493 e. The van der Waals surface area contributed by atoms with Crippen LogP contribution in [0.1, 0.15) is 28.3 Å². The summed E-state index contributed by atoms with van der Waals surface area (Å²) in [6.45, 7) is 5.40. The van der Waals surface area contributed by atoms with E-state index in [1.807, 2.05) is 30.3 Å². The van der Waals surface area contributed by atoms with Crippen molar-refractivity contribution >= 4 is 23.0 Å². The van der Waals surface area contributed by atoms with Gasteiger partial charge in [0.15, 0.2) is 16.6 Å². The summed E-state index contributed by atoms with van der Waals surface area (Å²) in [7, 11) is 3.33. The number of benzene rings is 3. The number of ether oxygens (including phenoxy) is 3.